The average Bonchev–Trinajstić information content (AvgIpc) is 2.32. The van der Waals surface area contributed by atoms with Crippen molar-refractivity contribution >= 4 is 11.6 Å². The maximum atomic E-state index is 12.3. The maximum absolute atomic E-state index is 12.3. The van der Waals surface area contributed by atoms with Crippen LogP contribution in [0.15, 0.2) is 18.2 Å². The lowest BCUT2D eigenvalue weighted by molar-refractivity contribution is -0.118. The zero-order valence-electron chi connectivity index (χ0n) is 12.7. The second-order valence-electron chi connectivity index (χ2n) is 5.60. The second kappa shape index (κ2) is 6.86. The van der Waals surface area contributed by atoms with E-state index in [2.05, 4.69) is 22.5 Å². The molecule has 0 saturated carbocycles. The normalized spacial score (nSPS) is 15.2. The third-order valence-electron chi connectivity index (χ3n) is 3.88. The van der Waals surface area contributed by atoms with Gasteiger partial charge in [0.2, 0.25) is 5.91 Å². The highest BCUT2D eigenvalue weighted by Crippen LogP contribution is 2.19. The molecule has 20 heavy (non-hydrogen) atoms. The molecule has 0 bridgehead atoms. The lowest BCUT2D eigenvalue weighted by Crippen LogP contribution is -2.58. The fraction of sp³-hybridized carbons (Fsp3) is 0.562. The van der Waals surface area contributed by atoms with Gasteiger partial charge in [0.15, 0.2) is 0 Å². The van der Waals surface area contributed by atoms with Gasteiger partial charge in [-0.2, -0.15) is 0 Å². The summed E-state index contributed by atoms with van der Waals surface area (Å²) in [4.78, 5) is 14.6. The summed E-state index contributed by atoms with van der Waals surface area (Å²) in [7, 11) is 0. The smallest absolute Gasteiger partial charge is 0.238 e. The predicted molar refractivity (Wildman–Crippen MR) is 83.1 cm³/mol. The highest BCUT2D eigenvalue weighted by Gasteiger charge is 2.25. The second-order valence-corrected chi connectivity index (χ2v) is 5.60. The Hall–Kier alpha value is -1.39. The van der Waals surface area contributed by atoms with E-state index >= 15 is 0 Å². The molecule has 1 aliphatic heterocycles. The van der Waals surface area contributed by atoms with E-state index in [1.54, 1.807) is 0 Å². The van der Waals surface area contributed by atoms with Gasteiger partial charge in [-0.25, -0.2) is 0 Å². The van der Waals surface area contributed by atoms with Gasteiger partial charge in [0.25, 0.3) is 0 Å². The third-order valence-corrected chi connectivity index (χ3v) is 3.88. The molecule has 1 aromatic rings. The molecule has 1 fully saturated rings. The highest BCUT2D eigenvalue weighted by molar-refractivity contribution is 5.93. The van der Waals surface area contributed by atoms with Gasteiger partial charge in [-0.1, -0.05) is 25.1 Å². The van der Waals surface area contributed by atoms with Gasteiger partial charge in [-0.15, -0.1) is 0 Å². The van der Waals surface area contributed by atoms with Crippen molar-refractivity contribution in [1.29, 1.82) is 0 Å². The summed E-state index contributed by atoms with van der Waals surface area (Å²) in [5.74, 6) is 0.0859. The first-order valence-electron chi connectivity index (χ1n) is 7.42. The van der Waals surface area contributed by atoms with E-state index in [1.807, 2.05) is 32.0 Å². The summed E-state index contributed by atoms with van der Waals surface area (Å²) in [6.07, 6.45) is 1.08. The van der Waals surface area contributed by atoms with Crippen molar-refractivity contribution < 1.29 is 4.79 Å². The van der Waals surface area contributed by atoms with Crippen molar-refractivity contribution in [2.75, 3.05) is 31.5 Å². The van der Waals surface area contributed by atoms with Crippen molar-refractivity contribution in [2.24, 2.45) is 0 Å². The van der Waals surface area contributed by atoms with Crippen molar-refractivity contribution in [3.63, 3.8) is 0 Å². The predicted octanol–water partition coefficient (Wildman–Crippen LogP) is 1.93. The number of amides is 1. The molecule has 1 aromatic carbocycles. The average molecular weight is 275 g/mol. The van der Waals surface area contributed by atoms with Crippen LogP contribution in [0.2, 0.25) is 0 Å². The van der Waals surface area contributed by atoms with E-state index in [4.69, 9.17) is 0 Å². The van der Waals surface area contributed by atoms with Gasteiger partial charge in [-0.05, 0) is 37.9 Å². The molecule has 1 aliphatic rings. The van der Waals surface area contributed by atoms with Gasteiger partial charge in [-0.3, -0.25) is 9.69 Å². The Morgan fingerprint density at radius 1 is 1.35 bits per heavy atom. The van der Waals surface area contributed by atoms with Crippen LogP contribution < -0.4 is 10.6 Å². The highest BCUT2D eigenvalue weighted by atomic mass is 16.2. The molecule has 0 aromatic heterocycles. The Morgan fingerprint density at radius 2 is 2.00 bits per heavy atom. The Kier molecular flexibility index (Phi) is 5.15. The number of nitrogens with one attached hydrogen (secondary N) is 2. The number of benzene rings is 1. The number of anilines is 1. The summed E-state index contributed by atoms with van der Waals surface area (Å²) in [6, 6.07) is 6.59. The van der Waals surface area contributed by atoms with Gasteiger partial charge in [0, 0.05) is 24.8 Å². The Balaban J connectivity index is 1.96. The van der Waals surface area contributed by atoms with Crippen LogP contribution >= 0.6 is 0 Å². The SMILES string of the molecule is CCCN(CC(=O)Nc1c(C)cccc1C)C1CNC1. The lowest BCUT2D eigenvalue weighted by Gasteiger charge is -2.37. The molecule has 0 atom stereocenters. The number of aryl methyl sites for hydroxylation is 2. The van der Waals surface area contributed by atoms with Gasteiger partial charge >= 0.3 is 0 Å². The molecule has 4 heteroatoms. The zero-order chi connectivity index (χ0) is 14.5. The summed E-state index contributed by atoms with van der Waals surface area (Å²) in [5, 5.41) is 6.34. The molecule has 110 valence electrons. The summed E-state index contributed by atoms with van der Waals surface area (Å²) < 4.78 is 0. The van der Waals surface area contributed by atoms with Crippen LogP contribution in [0.5, 0.6) is 0 Å². The Morgan fingerprint density at radius 3 is 2.50 bits per heavy atom. The molecule has 0 aliphatic carbocycles. The zero-order valence-corrected chi connectivity index (χ0v) is 12.7. The first-order chi connectivity index (χ1) is 9.61. The lowest BCUT2D eigenvalue weighted by atomic mass is 10.1. The molecule has 2 rings (SSSR count). The third kappa shape index (κ3) is 3.58. The number of para-hydroxylation sites is 1. The van der Waals surface area contributed by atoms with Crippen LogP contribution in [-0.4, -0.2) is 43.0 Å². The molecule has 4 nitrogen and oxygen atoms in total. The van der Waals surface area contributed by atoms with Crippen LogP contribution in [-0.2, 0) is 4.79 Å². The molecule has 0 spiro atoms. The first kappa shape index (κ1) is 15.0. The number of hydrogen-bond acceptors (Lipinski definition) is 3. The summed E-state index contributed by atoms with van der Waals surface area (Å²) in [6.45, 7) is 9.67. The monoisotopic (exact) mass is 275 g/mol. The van der Waals surface area contributed by atoms with Crippen molar-refractivity contribution in [1.82, 2.24) is 10.2 Å². The van der Waals surface area contributed by atoms with Crippen molar-refractivity contribution in [2.45, 2.75) is 33.2 Å². The minimum absolute atomic E-state index is 0.0859. The van der Waals surface area contributed by atoms with Crippen LogP contribution in [0.4, 0.5) is 5.69 Å². The van der Waals surface area contributed by atoms with Crippen molar-refractivity contribution in [3.05, 3.63) is 29.3 Å². The van der Waals surface area contributed by atoms with E-state index in [9.17, 15) is 4.79 Å². The molecule has 1 saturated heterocycles. The van der Waals surface area contributed by atoms with Crippen LogP contribution in [0, 0.1) is 13.8 Å². The summed E-state index contributed by atoms with van der Waals surface area (Å²) >= 11 is 0. The van der Waals surface area contributed by atoms with E-state index in [0.717, 1.165) is 42.9 Å². The topological polar surface area (TPSA) is 44.4 Å². The quantitative estimate of drug-likeness (QED) is 0.834. The van der Waals surface area contributed by atoms with E-state index in [0.29, 0.717) is 12.6 Å². The van der Waals surface area contributed by atoms with Crippen LogP contribution in [0.25, 0.3) is 0 Å². The fourth-order valence-corrected chi connectivity index (χ4v) is 2.58. The largest absolute Gasteiger partial charge is 0.324 e. The fourth-order valence-electron chi connectivity index (χ4n) is 2.58. The number of hydrogen-bond donors (Lipinski definition) is 2. The van der Waals surface area contributed by atoms with Crippen LogP contribution in [0.3, 0.4) is 0 Å². The first-order valence-corrected chi connectivity index (χ1v) is 7.42. The van der Waals surface area contributed by atoms with Crippen molar-refractivity contribution in [3.8, 4) is 0 Å². The number of nitrogens with zero attached hydrogens (tertiary/aromatic N) is 1. The molecule has 2 N–H and O–H groups in total. The van der Waals surface area contributed by atoms with Gasteiger partial charge in [0.05, 0.1) is 6.54 Å². The molecular formula is C16H25N3O. The minimum atomic E-state index is 0.0859. The van der Waals surface area contributed by atoms with E-state index in [1.165, 1.54) is 0 Å². The minimum Gasteiger partial charge on any atom is -0.324 e. The summed E-state index contributed by atoms with van der Waals surface area (Å²) in [5.41, 5.74) is 3.19. The number of carbonyl (C=O) groups is 1. The molecule has 1 amide bonds. The van der Waals surface area contributed by atoms with Gasteiger partial charge in [0.1, 0.15) is 0 Å². The molecule has 0 radical (unpaired) electrons. The maximum Gasteiger partial charge on any atom is 0.238 e. The van der Waals surface area contributed by atoms with Gasteiger partial charge < -0.3 is 10.6 Å². The Bertz CT molecular complexity index is 449. The molecule has 0 unspecified atom stereocenters. The standard InChI is InChI=1S/C16H25N3O/c1-4-8-19(14-9-17-10-14)11-15(20)18-16-12(2)6-5-7-13(16)3/h5-7,14,17H,4,8-11H2,1-3H3,(H,18,20). The van der Waals surface area contributed by atoms with E-state index < -0.39 is 0 Å². The number of carbonyl (C=O) groups excluding carboxylic acids is 1. The Labute approximate surface area is 121 Å². The molecule has 1 heterocycles. The molecular weight excluding hydrogens is 250 g/mol. The van der Waals surface area contributed by atoms with Crippen LogP contribution in [0.1, 0.15) is 24.5 Å². The van der Waals surface area contributed by atoms with E-state index in [-0.39, 0.29) is 5.91 Å². The number of rotatable bonds is 6.